The Morgan fingerprint density at radius 3 is 2.89 bits per heavy atom. The van der Waals surface area contributed by atoms with E-state index in [9.17, 15) is 0 Å². The maximum atomic E-state index is 5.66. The van der Waals surface area contributed by atoms with Gasteiger partial charge in [-0.25, -0.2) is 4.98 Å². The maximum absolute atomic E-state index is 5.66. The third-order valence-corrected chi connectivity index (χ3v) is 3.67. The highest BCUT2D eigenvalue weighted by Gasteiger charge is 2.21. The molecule has 1 aliphatic rings. The van der Waals surface area contributed by atoms with Crippen LogP contribution in [-0.4, -0.2) is 14.5 Å². The number of thiocarbonyl (C=S) groups is 1. The second-order valence-corrected chi connectivity index (χ2v) is 5.57. The molecule has 1 aromatic carbocycles. The van der Waals surface area contributed by atoms with Gasteiger partial charge in [0.2, 0.25) is 0 Å². The minimum Gasteiger partial charge on any atom is -0.393 e. The summed E-state index contributed by atoms with van der Waals surface area (Å²) in [7, 11) is 0. The lowest BCUT2D eigenvalue weighted by Gasteiger charge is -2.08. The molecule has 0 bridgehead atoms. The van der Waals surface area contributed by atoms with Crippen LogP contribution in [0.3, 0.4) is 0 Å². The second kappa shape index (κ2) is 4.69. The molecule has 0 amide bonds. The summed E-state index contributed by atoms with van der Waals surface area (Å²) in [5.41, 5.74) is 7.90. The monoisotopic (exact) mass is 259 g/mol. The van der Waals surface area contributed by atoms with Crippen molar-refractivity contribution in [2.75, 3.05) is 0 Å². The Bertz CT molecular complexity index is 584. The molecule has 0 spiro atoms. The van der Waals surface area contributed by atoms with Gasteiger partial charge in [0, 0.05) is 6.54 Å². The van der Waals surface area contributed by atoms with Gasteiger partial charge in [0.1, 0.15) is 5.82 Å². The van der Waals surface area contributed by atoms with Gasteiger partial charge in [0.15, 0.2) is 0 Å². The zero-order chi connectivity index (χ0) is 12.5. The quantitative estimate of drug-likeness (QED) is 0.840. The smallest absolute Gasteiger partial charge is 0.116 e. The van der Waals surface area contributed by atoms with Gasteiger partial charge < -0.3 is 10.3 Å². The van der Waals surface area contributed by atoms with Gasteiger partial charge in [-0.3, -0.25) is 0 Å². The molecular formula is C14H17N3S. The van der Waals surface area contributed by atoms with Crippen LogP contribution in [0.4, 0.5) is 0 Å². The Kier molecular flexibility index (Phi) is 3.04. The standard InChI is InChI=1S/C14H17N3S/c15-13(18)9-14-16-11-3-1-2-4-12(11)17(14)8-7-10-5-6-10/h1-4,10H,5-9H2,(H2,15,18). The van der Waals surface area contributed by atoms with Gasteiger partial charge in [0.05, 0.1) is 22.4 Å². The molecule has 0 radical (unpaired) electrons. The molecule has 1 saturated carbocycles. The molecule has 2 aromatic rings. The predicted molar refractivity (Wildman–Crippen MR) is 77.6 cm³/mol. The van der Waals surface area contributed by atoms with Gasteiger partial charge in [-0.2, -0.15) is 0 Å². The third-order valence-electron chi connectivity index (χ3n) is 3.52. The number of hydrogen-bond donors (Lipinski definition) is 1. The number of benzene rings is 1. The first kappa shape index (κ1) is 11.7. The summed E-state index contributed by atoms with van der Waals surface area (Å²) in [5, 5.41) is 0. The molecule has 18 heavy (non-hydrogen) atoms. The Labute approximate surface area is 112 Å². The van der Waals surface area contributed by atoms with E-state index in [2.05, 4.69) is 21.7 Å². The van der Waals surface area contributed by atoms with Crippen LogP contribution in [0.1, 0.15) is 25.1 Å². The number of hydrogen-bond acceptors (Lipinski definition) is 2. The molecule has 1 aliphatic carbocycles. The number of nitrogens with two attached hydrogens (primary N) is 1. The van der Waals surface area contributed by atoms with Crippen LogP contribution in [0.25, 0.3) is 11.0 Å². The molecule has 0 saturated heterocycles. The minimum absolute atomic E-state index is 0.512. The van der Waals surface area contributed by atoms with Gasteiger partial charge in [-0.15, -0.1) is 0 Å². The lowest BCUT2D eigenvalue weighted by atomic mass is 10.2. The number of rotatable bonds is 5. The van der Waals surface area contributed by atoms with Crippen LogP contribution in [0.5, 0.6) is 0 Å². The number of nitrogens with zero attached hydrogens (tertiary/aromatic N) is 2. The van der Waals surface area contributed by atoms with Crippen LogP contribution >= 0.6 is 12.2 Å². The summed E-state index contributed by atoms with van der Waals surface area (Å²) in [5.74, 6) is 1.92. The van der Waals surface area contributed by atoms with E-state index in [0.29, 0.717) is 11.4 Å². The average Bonchev–Trinajstić information content (AvgIpc) is 3.09. The molecule has 1 fully saturated rings. The number of fused-ring (bicyclic) bond motifs is 1. The number of para-hydroxylation sites is 2. The normalized spacial score (nSPS) is 15.1. The Hall–Kier alpha value is -1.42. The maximum Gasteiger partial charge on any atom is 0.116 e. The van der Waals surface area contributed by atoms with Crippen molar-refractivity contribution >= 4 is 28.2 Å². The van der Waals surface area contributed by atoms with Crippen molar-refractivity contribution in [3.05, 3.63) is 30.1 Å². The van der Waals surface area contributed by atoms with Crippen molar-refractivity contribution in [1.82, 2.24) is 9.55 Å². The van der Waals surface area contributed by atoms with Crippen LogP contribution < -0.4 is 5.73 Å². The van der Waals surface area contributed by atoms with E-state index in [1.54, 1.807) is 0 Å². The largest absolute Gasteiger partial charge is 0.393 e. The van der Waals surface area contributed by atoms with Crippen molar-refractivity contribution in [2.45, 2.75) is 32.2 Å². The molecule has 2 N–H and O–H groups in total. The van der Waals surface area contributed by atoms with Gasteiger partial charge in [-0.05, 0) is 24.5 Å². The molecular weight excluding hydrogens is 242 g/mol. The molecule has 0 aliphatic heterocycles. The Morgan fingerprint density at radius 1 is 1.39 bits per heavy atom. The highest BCUT2D eigenvalue weighted by atomic mass is 32.1. The molecule has 0 unspecified atom stereocenters. The molecule has 3 rings (SSSR count). The van der Waals surface area contributed by atoms with E-state index in [4.69, 9.17) is 18.0 Å². The number of imidazole rings is 1. The topological polar surface area (TPSA) is 43.8 Å². The van der Waals surface area contributed by atoms with Crippen molar-refractivity contribution in [3.8, 4) is 0 Å². The zero-order valence-electron chi connectivity index (χ0n) is 10.3. The SMILES string of the molecule is NC(=S)Cc1nc2ccccc2n1CCC1CC1. The van der Waals surface area contributed by atoms with E-state index in [1.165, 1.54) is 24.8 Å². The number of aryl methyl sites for hydroxylation is 1. The lowest BCUT2D eigenvalue weighted by Crippen LogP contribution is -2.15. The van der Waals surface area contributed by atoms with Crippen LogP contribution in [0.15, 0.2) is 24.3 Å². The van der Waals surface area contributed by atoms with E-state index >= 15 is 0 Å². The van der Waals surface area contributed by atoms with Crippen molar-refractivity contribution in [3.63, 3.8) is 0 Å². The third kappa shape index (κ3) is 2.38. The van der Waals surface area contributed by atoms with Gasteiger partial charge in [0.25, 0.3) is 0 Å². The summed E-state index contributed by atoms with van der Waals surface area (Å²) in [4.78, 5) is 5.16. The number of aromatic nitrogens is 2. The summed E-state index contributed by atoms with van der Waals surface area (Å²) in [6.45, 7) is 1.03. The first-order valence-electron chi connectivity index (χ1n) is 6.46. The summed E-state index contributed by atoms with van der Waals surface area (Å²) in [6.07, 6.45) is 4.61. The fraction of sp³-hybridized carbons (Fsp3) is 0.429. The second-order valence-electron chi connectivity index (χ2n) is 5.04. The fourth-order valence-electron chi connectivity index (χ4n) is 2.38. The minimum atomic E-state index is 0.512. The van der Waals surface area contributed by atoms with E-state index < -0.39 is 0 Å². The Morgan fingerprint density at radius 2 is 2.17 bits per heavy atom. The molecule has 4 heteroatoms. The molecule has 0 atom stereocenters. The van der Waals surface area contributed by atoms with E-state index in [1.807, 2.05) is 12.1 Å². The van der Waals surface area contributed by atoms with Crippen LogP contribution in [0, 0.1) is 5.92 Å². The highest BCUT2D eigenvalue weighted by molar-refractivity contribution is 7.80. The molecule has 1 heterocycles. The highest BCUT2D eigenvalue weighted by Crippen LogP contribution is 2.33. The molecule has 1 aromatic heterocycles. The summed E-state index contributed by atoms with van der Waals surface area (Å²) in [6, 6.07) is 8.25. The van der Waals surface area contributed by atoms with Crippen molar-refractivity contribution in [1.29, 1.82) is 0 Å². The van der Waals surface area contributed by atoms with E-state index in [-0.39, 0.29) is 0 Å². The van der Waals surface area contributed by atoms with Crippen LogP contribution in [-0.2, 0) is 13.0 Å². The van der Waals surface area contributed by atoms with Gasteiger partial charge >= 0.3 is 0 Å². The molecule has 3 nitrogen and oxygen atoms in total. The summed E-state index contributed by atoms with van der Waals surface area (Å²) >= 11 is 5.01. The van der Waals surface area contributed by atoms with Gasteiger partial charge in [-0.1, -0.05) is 37.2 Å². The van der Waals surface area contributed by atoms with Crippen molar-refractivity contribution < 1.29 is 0 Å². The Balaban J connectivity index is 1.96. The van der Waals surface area contributed by atoms with E-state index in [0.717, 1.165) is 23.8 Å². The average molecular weight is 259 g/mol. The fourth-order valence-corrected chi connectivity index (χ4v) is 2.51. The lowest BCUT2D eigenvalue weighted by molar-refractivity contribution is 0.593. The summed E-state index contributed by atoms with van der Waals surface area (Å²) < 4.78 is 2.28. The van der Waals surface area contributed by atoms with Crippen LogP contribution in [0.2, 0.25) is 0 Å². The molecule has 94 valence electrons. The predicted octanol–water partition coefficient (Wildman–Crippen LogP) is 2.67. The first-order chi connectivity index (χ1) is 8.74. The zero-order valence-corrected chi connectivity index (χ0v) is 11.1. The first-order valence-corrected chi connectivity index (χ1v) is 6.87. The van der Waals surface area contributed by atoms with Crippen molar-refractivity contribution in [2.24, 2.45) is 11.7 Å².